The van der Waals surface area contributed by atoms with Crippen molar-refractivity contribution in [2.45, 2.75) is 52.4 Å². The molecule has 0 bridgehead atoms. The summed E-state index contributed by atoms with van der Waals surface area (Å²) in [7, 11) is 1.68. The highest BCUT2D eigenvalue weighted by Gasteiger charge is 2.05. The third-order valence-corrected chi connectivity index (χ3v) is 3.17. The summed E-state index contributed by atoms with van der Waals surface area (Å²) in [5.74, 6) is 0.881. The van der Waals surface area contributed by atoms with Gasteiger partial charge in [0.15, 0.2) is 0 Å². The van der Waals surface area contributed by atoms with Crippen LogP contribution in [0.15, 0.2) is 24.3 Å². The number of benzene rings is 1. The highest BCUT2D eigenvalue weighted by Crippen LogP contribution is 2.12. The lowest BCUT2D eigenvalue weighted by atomic mass is 10.2. The van der Waals surface area contributed by atoms with E-state index in [1.807, 2.05) is 24.3 Å². The highest BCUT2D eigenvalue weighted by molar-refractivity contribution is 5.26. The van der Waals surface area contributed by atoms with Crippen LogP contribution in [0.2, 0.25) is 0 Å². The maximum atomic E-state index is 5.83. The summed E-state index contributed by atoms with van der Waals surface area (Å²) in [6, 6.07) is 8.57. The number of hydrogen-bond acceptors (Lipinski definition) is 3. The topological polar surface area (TPSA) is 30.5 Å². The van der Waals surface area contributed by atoms with E-state index < -0.39 is 0 Å². The van der Waals surface area contributed by atoms with Crippen molar-refractivity contribution in [2.75, 3.05) is 13.7 Å². The van der Waals surface area contributed by atoms with Crippen LogP contribution < -0.4 is 10.1 Å². The second kappa shape index (κ2) is 8.94. The van der Waals surface area contributed by atoms with Crippen molar-refractivity contribution in [1.82, 2.24) is 5.32 Å². The normalized spacial score (nSPS) is 14.1. The van der Waals surface area contributed by atoms with Gasteiger partial charge in [0.1, 0.15) is 5.75 Å². The van der Waals surface area contributed by atoms with Gasteiger partial charge in [-0.05, 0) is 38.0 Å². The van der Waals surface area contributed by atoms with Gasteiger partial charge in [-0.3, -0.25) is 0 Å². The molecule has 1 aromatic rings. The Kier molecular flexibility index (Phi) is 7.53. The molecule has 0 fully saturated rings. The van der Waals surface area contributed by atoms with Crippen LogP contribution in [0.25, 0.3) is 0 Å². The van der Waals surface area contributed by atoms with Gasteiger partial charge in [-0.15, -0.1) is 0 Å². The first-order chi connectivity index (χ1) is 9.15. The Bertz CT molecular complexity index is 337. The van der Waals surface area contributed by atoms with Crippen molar-refractivity contribution in [3.63, 3.8) is 0 Å². The first kappa shape index (κ1) is 16.0. The van der Waals surface area contributed by atoms with Crippen molar-refractivity contribution < 1.29 is 9.47 Å². The quantitative estimate of drug-likeness (QED) is 0.742. The Morgan fingerprint density at radius 2 is 1.84 bits per heavy atom. The molecular formula is C16H27NO2. The Morgan fingerprint density at radius 3 is 2.42 bits per heavy atom. The highest BCUT2D eigenvalue weighted by atomic mass is 16.5. The number of rotatable bonds is 9. The maximum absolute atomic E-state index is 5.83. The third kappa shape index (κ3) is 6.60. The molecule has 0 aliphatic carbocycles. The molecule has 1 N–H and O–H groups in total. The molecule has 0 aliphatic heterocycles. The second-order valence-electron chi connectivity index (χ2n) is 5.07. The molecule has 1 rings (SSSR count). The van der Waals surface area contributed by atoms with Crippen LogP contribution in [0.5, 0.6) is 5.75 Å². The molecule has 3 heteroatoms. The van der Waals surface area contributed by atoms with Gasteiger partial charge >= 0.3 is 0 Å². The molecule has 3 nitrogen and oxygen atoms in total. The predicted molar refractivity (Wildman–Crippen MR) is 79.6 cm³/mol. The minimum Gasteiger partial charge on any atom is -0.497 e. The molecule has 108 valence electrons. The average molecular weight is 265 g/mol. The molecule has 0 aromatic heterocycles. The number of hydrogen-bond donors (Lipinski definition) is 1. The molecule has 19 heavy (non-hydrogen) atoms. The molecule has 0 saturated carbocycles. The van der Waals surface area contributed by atoms with E-state index in [1.165, 1.54) is 18.4 Å². The summed E-state index contributed by atoms with van der Waals surface area (Å²) in [6.07, 6.45) is 2.65. The Labute approximate surface area is 117 Å². The Hall–Kier alpha value is -1.06. The summed E-state index contributed by atoms with van der Waals surface area (Å²) in [5, 5.41) is 3.49. The van der Waals surface area contributed by atoms with E-state index >= 15 is 0 Å². The lowest BCUT2D eigenvalue weighted by molar-refractivity contribution is 0.0515. The SMILES string of the molecule is CCCC(C)NCC(C)OCc1ccc(OC)cc1. The summed E-state index contributed by atoms with van der Waals surface area (Å²) < 4.78 is 11.0. The molecule has 0 radical (unpaired) electrons. The van der Waals surface area contributed by atoms with Crippen molar-refractivity contribution in [3.8, 4) is 5.75 Å². The van der Waals surface area contributed by atoms with Crippen molar-refractivity contribution >= 4 is 0 Å². The summed E-state index contributed by atoms with van der Waals surface area (Å²) in [6.45, 7) is 8.09. The summed E-state index contributed by atoms with van der Waals surface area (Å²) in [5.41, 5.74) is 1.18. The van der Waals surface area contributed by atoms with Gasteiger partial charge in [0, 0.05) is 12.6 Å². The van der Waals surface area contributed by atoms with E-state index in [1.54, 1.807) is 7.11 Å². The zero-order chi connectivity index (χ0) is 14.1. The fourth-order valence-electron chi connectivity index (χ4n) is 1.92. The van der Waals surface area contributed by atoms with Gasteiger partial charge in [0.25, 0.3) is 0 Å². The summed E-state index contributed by atoms with van der Waals surface area (Å²) >= 11 is 0. The molecular weight excluding hydrogens is 238 g/mol. The zero-order valence-corrected chi connectivity index (χ0v) is 12.6. The Balaban J connectivity index is 2.23. The third-order valence-electron chi connectivity index (χ3n) is 3.17. The van der Waals surface area contributed by atoms with Crippen molar-refractivity contribution in [1.29, 1.82) is 0 Å². The van der Waals surface area contributed by atoms with Crippen molar-refractivity contribution in [2.24, 2.45) is 0 Å². The zero-order valence-electron chi connectivity index (χ0n) is 12.6. The van der Waals surface area contributed by atoms with Crippen LogP contribution in [0, 0.1) is 0 Å². The van der Waals surface area contributed by atoms with E-state index in [-0.39, 0.29) is 6.10 Å². The minimum atomic E-state index is 0.224. The fraction of sp³-hybridized carbons (Fsp3) is 0.625. The molecule has 0 amide bonds. The van der Waals surface area contributed by atoms with E-state index in [4.69, 9.17) is 9.47 Å². The smallest absolute Gasteiger partial charge is 0.118 e. The average Bonchev–Trinajstić information content (AvgIpc) is 2.44. The lowest BCUT2D eigenvalue weighted by Gasteiger charge is -2.18. The van der Waals surface area contributed by atoms with Crippen LogP contribution in [0.4, 0.5) is 0 Å². The van der Waals surface area contributed by atoms with Crippen LogP contribution in [-0.2, 0) is 11.3 Å². The van der Waals surface area contributed by atoms with E-state index in [0.717, 1.165) is 12.3 Å². The van der Waals surface area contributed by atoms with E-state index in [0.29, 0.717) is 12.6 Å². The van der Waals surface area contributed by atoms with Crippen molar-refractivity contribution in [3.05, 3.63) is 29.8 Å². The van der Waals surface area contributed by atoms with E-state index in [9.17, 15) is 0 Å². The summed E-state index contributed by atoms with van der Waals surface area (Å²) in [4.78, 5) is 0. The molecule has 0 aliphatic rings. The fourth-order valence-corrected chi connectivity index (χ4v) is 1.92. The molecule has 0 heterocycles. The first-order valence-electron chi connectivity index (χ1n) is 7.13. The second-order valence-corrected chi connectivity index (χ2v) is 5.07. The first-order valence-corrected chi connectivity index (χ1v) is 7.13. The standard InChI is InChI=1S/C16H27NO2/c1-5-6-13(2)17-11-14(3)19-12-15-7-9-16(18-4)10-8-15/h7-10,13-14,17H,5-6,11-12H2,1-4H3. The molecule has 0 saturated heterocycles. The Morgan fingerprint density at radius 1 is 1.16 bits per heavy atom. The molecule has 2 unspecified atom stereocenters. The number of methoxy groups -OCH3 is 1. The largest absolute Gasteiger partial charge is 0.497 e. The van der Waals surface area contributed by atoms with Gasteiger partial charge in [0.05, 0.1) is 19.8 Å². The minimum absolute atomic E-state index is 0.224. The molecule has 2 atom stereocenters. The maximum Gasteiger partial charge on any atom is 0.118 e. The monoisotopic (exact) mass is 265 g/mol. The molecule has 0 spiro atoms. The van der Waals surface area contributed by atoms with Gasteiger partial charge in [0.2, 0.25) is 0 Å². The van der Waals surface area contributed by atoms with Crippen LogP contribution >= 0.6 is 0 Å². The lowest BCUT2D eigenvalue weighted by Crippen LogP contribution is -2.33. The predicted octanol–water partition coefficient (Wildman–Crippen LogP) is 3.38. The number of nitrogens with one attached hydrogen (secondary N) is 1. The number of ether oxygens (including phenoxy) is 2. The van der Waals surface area contributed by atoms with Gasteiger partial charge < -0.3 is 14.8 Å². The van der Waals surface area contributed by atoms with Gasteiger partial charge in [-0.2, -0.15) is 0 Å². The van der Waals surface area contributed by atoms with E-state index in [2.05, 4.69) is 26.1 Å². The van der Waals surface area contributed by atoms with Gasteiger partial charge in [-0.1, -0.05) is 25.5 Å². The van der Waals surface area contributed by atoms with Crippen LogP contribution in [0.1, 0.15) is 39.2 Å². The van der Waals surface area contributed by atoms with Crippen LogP contribution in [-0.4, -0.2) is 25.8 Å². The molecule has 1 aromatic carbocycles. The van der Waals surface area contributed by atoms with Crippen LogP contribution in [0.3, 0.4) is 0 Å². The van der Waals surface area contributed by atoms with Gasteiger partial charge in [-0.25, -0.2) is 0 Å².